The van der Waals surface area contributed by atoms with Gasteiger partial charge in [-0.2, -0.15) is 0 Å². The van der Waals surface area contributed by atoms with E-state index in [9.17, 15) is 9.59 Å². The van der Waals surface area contributed by atoms with E-state index in [0.29, 0.717) is 30.7 Å². The molecule has 9 heteroatoms. The average Bonchev–Trinajstić information content (AvgIpc) is 3.13. The summed E-state index contributed by atoms with van der Waals surface area (Å²) in [6.07, 6.45) is 5.32. The second-order valence-corrected chi connectivity index (χ2v) is 7.98. The van der Waals surface area contributed by atoms with Crippen LogP contribution in [0.2, 0.25) is 0 Å². The Bertz CT molecular complexity index is 678. The number of hydrogen-bond donors (Lipinski definition) is 1. The first-order valence-electron chi connectivity index (χ1n) is 10.0. The molecule has 2 fully saturated rings. The molecule has 9 nitrogen and oxygen atoms in total. The summed E-state index contributed by atoms with van der Waals surface area (Å²) in [5, 5.41) is 15.2. The van der Waals surface area contributed by atoms with Crippen LogP contribution in [0.4, 0.5) is 0 Å². The highest BCUT2D eigenvalue weighted by molar-refractivity contribution is 5.83. The van der Waals surface area contributed by atoms with Crippen molar-refractivity contribution in [3.63, 3.8) is 0 Å². The van der Waals surface area contributed by atoms with Gasteiger partial charge in [0.25, 0.3) is 0 Å². The number of likely N-dealkylation sites (tertiary alicyclic amines) is 1. The van der Waals surface area contributed by atoms with E-state index in [1.807, 2.05) is 4.90 Å². The van der Waals surface area contributed by atoms with Crippen molar-refractivity contribution in [1.29, 1.82) is 0 Å². The lowest BCUT2D eigenvalue weighted by Gasteiger charge is -2.39. The quantitative estimate of drug-likeness (QED) is 0.795. The molecule has 3 heterocycles. The predicted molar refractivity (Wildman–Crippen MR) is 95.6 cm³/mol. The summed E-state index contributed by atoms with van der Waals surface area (Å²) in [5.41, 5.74) is 0. The third-order valence-corrected chi connectivity index (χ3v) is 6.32. The maximum Gasteiger partial charge on any atom is 0.231 e. The Morgan fingerprint density at radius 1 is 1.19 bits per heavy atom. The monoisotopic (exact) mass is 376 g/mol. The number of carbonyl (C=O) groups is 2. The number of nitrogens with one attached hydrogen (secondary N) is 1. The number of rotatable bonds is 5. The highest BCUT2D eigenvalue weighted by Crippen LogP contribution is 2.38. The minimum Gasteiger partial charge on any atom is -0.384 e. The normalized spacial score (nSPS) is 29.9. The number of amides is 2. The predicted octanol–water partition coefficient (Wildman–Crippen LogP) is 0.330. The zero-order valence-electron chi connectivity index (χ0n) is 15.8. The average molecular weight is 376 g/mol. The van der Waals surface area contributed by atoms with E-state index in [1.165, 1.54) is 0 Å². The van der Waals surface area contributed by atoms with Crippen molar-refractivity contribution in [3.8, 4) is 0 Å². The first-order valence-corrected chi connectivity index (χ1v) is 10.0. The molecule has 1 saturated heterocycles. The third kappa shape index (κ3) is 3.69. The number of hydrogen-bond acceptors (Lipinski definition) is 6. The molecule has 1 saturated carbocycles. The van der Waals surface area contributed by atoms with Crippen molar-refractivity contribution in [2.45, 2.75) is 57.0 Å². The lowest BCUT2D eigenvalue weighted by atomic mass is 9.90. The number of fused-ring (bicyclic) bond motifs is 3. The number of aryl methyl sites for hydroxylation is 1. The zero-order valence-corrected chi connectivity index (χ0v) is 15.8. The molecule has 1 N–H and O–H groups in total. The summed E-state index contributed by atoms with van der Waals surface area (Å²) in [6, 6.07) is 0.150. The first-order chi connectivity index (χ1) is 13.2. The molecule has 148 valence electrons. The topological polar surface area (TPSA) is 102 Å². The third-order valence-electron chi connectivity index (χ3n) is 6.32. The molecule has 27 heavy (non-hydrogen) atoms. The van der Waals surface area contributed by atoms with Gasteiger partial charge in [-0.15, -0.1) is 5.10 Å². The number of ether oxygens (including phenoxy) is 1. The molecular weight excluding hydrogens is 348 g/mol. The van der Waals surface area contributed by atoms with Crippen LogP contribution in [0.1, 0.15) is 50.3 Å². The second kappa shape index (κ2) is 7.92. The smallest absolute Gasteiger partial charge is 0.231 e. The Morgan fingerprint density at radius 3 is 2.70 bits per heavy atom. The van der Waals surface area contributed by atoms with Crippen LogP contribution in [0.15, 0.2) is 0 Å². The summed E-state index contributed by atoms with van der Waals surface area (Å²) < 4.78 is 6.79. The number of piperidine rings is 1. The maximum absolute atomic E-state index is 13.0. The van der Waals surface area contributed by atoms with Crippen molar-refractivity contribution in [2.75, 3.05) is 26.8 Å². The van der Waals surface area contributed by atoms with Gasteiger partial charge >= 0.3 is 0 Å². The van der Waals surface area contributed by atoms with Gasteiger partial charge in [-0.1, -0.05) is 6.42 Å². The van der Waals surface area contributed by atoms with Crippen LogP contribution in [0.5, 0.6) is 0 Å². The highest BCUT2D eigenvalue weighted by atomic mass is 16.5. The largest absolute Gasteiger partial charge is 0.384 e. The number of nitrogens with zero attached hydrogens (tertiary/aromatic N) is 5. The lowest BCUT2D eigenvalue weighted by molar-refractivity contribution is -0.135. The van der Waals surface area contributed by atoms with Gasteiger partial charge in [0.15, 0.2) is 5.82 Å². The van der Waals surface area contributed by atoms with Crippen LogP contribution < -0.4 is 5.32 Å². The van der Waals surface area contributed by atoms with E-state index in [2.05, 4.69) is 20.8 Å². The number of aromatic nitrogens is 4. The van der Waals surface area contributed by atoms with Gasteiger partial charge in [0.2, 0.25) is 11.8 Å². The molecule has 4 atom stereocenters. The fraction of sp³-hybridized carbons (Fsp3) is 0.833. The summed E-state index contributed by atoms with van der Waals surface area (Å²) in [4.78, 5) is 27.3. The first kappa shape index (κ1) is 18.3. The minimum atomic E-state index is -0.275. The molecule has 0 aromatic carbocycles. The van der Waals surface area contributed by atoms with E-state index < -0.39 is 0 Å². The molecule has 2 bridgehead atoms. The summed E-state index contributed by atoms with van der Waals surface area (Å²) in [6.45, 7) is 2.69. The van der Waals surface area contributed by atoms with Gasteiger partial charge in [-0.25, -0.2) is 4.68 Å². The molecule has 0 radical (unpaired) electrons. The van der Waals surface area contributed by atoms with Crippen molar-refractivity contribution < 1.29 is 14.3 Å². The van der Waals surface area contributed by atoms with E-state index in [1.54, 1.807) is 11.8 Å². The molecular formula is C18H28N6O3. The number of methoxy groups -OCH3 is 1. The number of carbonyl (C=O) groups excluding carboxylic acids is 2. The van der Waals surface area contributed by atoms with Gasteiger partial charge in [0.1, 0.15) is 0 Å². The van der Waals surface area contributed by atoms with Gasteiger partial charge in [0, 0.05) is 32.8 Å². The van der Waals surface area contributed by atoms with Crippen molar-refractivity contribution >= 4 is 11.8 Å². The Hall–Kier alpha value is -2.03. The van der Waals surface area contributed by atoms with Crippen molar-refractivity contribution in [2.24, 2.45) is 11.8 Å². The van der Waals surface area contributed by atoms with Crippen LogP contribution in [-0.2, 0) is 20.9 Å². The van der Waals surface area contributed by atoms with E-state index in [0.717, 1.165) is 51.7 Å². The van der Waals surface area contributed by atoms with Crippen molar-refractivity contribution in [1.82, 2.24) is 30.4 Å². The second-order valence-electron chi connectivity index (χ2n) is 7.98. The molecule has 1 aromatic rings. The van der Waals surface area contributed by atoms with Crippen LogP contribution in [0.3, 0.4) is 0 Å². The molecule has 4 rings (SSSR count). The molecule has 2 amide bonds. The Balaban J connectivity index is 1.40. The van der Waals surface area contributed by atoms with E-state index in [-0.39, 0.29) is 23.8 Å². The maximum atomic E-state index is 13.0. The van der Waals surface area contributed by atoms with Crippen molar-refractivity contribution in [3.05, 3.63) is 5.82 Å². The van der Waals surface area contributed by atoms with E-state index in [4.69, 9.17) is 4.74 Å². The van der Waals surface area contributed by atoms with Gasteiger partial charge in [-0.05, 0) is 47.9 Å². The number of tetrazole rings is 1. The van der Waals surface area contributed by atoms with Gasteiger partial charge in [0.05, 0.1) is 18.9 Å². The molecule has 3 aliphatic rings. The Morgan fingerprint density at radius 2 is 1.96 bits per heavy atom. The van der Waals surface area contributed by atoms with Crippen LogP contribution in [0.25, 0.3) is 0 Å². The van der Waals surface area contributed by atoms with Gasteiger partial charge in [-0.3, -0.25) is 9.59 Å². The summed E-state index contributed by atoms with van der Waals surface area (Å²) in [5.74, 6) is 1.27. The SMILES string of the molecule is COCCC(=O)N1C[C@H]2CC[C@@H](C1)C2NC(=O)C1CCCCn2nnnc21. The molecule has 1 aromatic heterocycles. The summed E-state index contributed by atoms with van der Waals surface area (Å²) >= 11 is 0. The standard InChI is InChI=1S/C18H28N6O3/c1-27-9-7-15(25)23-10-12-5-6-13(11-23)16(12)19-18(26)14-4-2-3-8-24-17(14)20-21-22-24/h12-14,16H,2-11H2,1H3,(H,19,26)/t12-,13+,14?,16?. The minimum absolute atomic E-state index is 0.0361. The van der Waals surface area contributed by atoms with E-state index >= 15 is 0 Å². The van der Waals surface area contributed by atoms with Crippen LogP contribution in [0, 0.1) is 11.8 Å². The van der Waals surface area contributed by atoms with Crippen LogP contribution >= 0.6 is 0 Å². The molecule has 0 spiro atoms. The van der Waals surface area contributed by atoms with Gasteiger partial charge < -0.3 is 15.0 Å². The lowest BCUT2D eigenvalue weighted by Crippen LogP contribution is -2.54. The van der Waals surface area contributed by atoms with Crippen LogP contribution in [-0.4, -0.2) is 69.8 Å². The summed E-state index contributed by atoms with van der Waals surface area (Å²) in [7, 11) is 1.61. The Kier molecular flexibility index (Phi) is 5.38. The fourth-order valence-corrected chi connectivity index (χ4v) is 4.88. The zero-order chi connectivity index (χ0) is 18.8. The Labute approximate surface area is 158 Å². The highest BCUT2D eigenvalue weighted by Gasteiger charge is 2.44. The molecule has 1 aliphatic carbocycles. The fourth-order valence-electron chi connectivity index (χ4n) is 4.88. The molecule has 2 aliphatic heterocycles. The molecule has 2 unspecified atom stereocenters.